The number of thioether (sulfide) groups is 1. The lowest BCUT2D eigenvalue weighted by molar-refractivity contribution is -0.304. The van der Waals surface area contributed by atoms with Gasteiger partial charge in [-0.05, 0) is 65.3 Å². The van der Waals surface area contributed by atoms with E-state index in [0.717, 1.165) is 11.8 Å². The molecule has 3 rings (SSSR count). The first-order chi connectivity index (χ1) is 22.8. The van der Waals surface area contributed by atoms with E-state index in [9.17, 15) is 39.9 Å². The van der Waals surface area contributed by atoms with E-state index in [1.807, 2.05) is 20.8 Å². The number of ether oxygens (including phenoxy) is 4. The summed E-state index contributed by atoms with van der Waals surface area (Å²) in [6, 6.07) is -1.98. The average Bonchev–Trinajstić information content (AvgIpc) is 3.71. The molecule has 0 aromatic carbocycles. The monoisotopic (exact) mass is 718 g/mol. The maximum Gasteiger partial charge on any atom is 0.321 e. The minimum Gasteiger partial charge on any atom is -0.480 e. The Morgan fingerprint density at radius 3 is 2.39 bits per heavy atom. The van der Waals surface area contributed by atoms with Crippen LogP contribution in [0.3, 0.4) is 0 Å². The van der Waals surface area contributed by atoms with Crippen molar-refractivity contribution in [2.45, 2.75) is 139 Å². The number of carbonyl (C=O) groups is 3. The fourth-order valence-electron chi connectivity index (χ4n) is 7.07. The van der Waals surface area contributed by atoms with Crippen LogP contribution in [-0.4, -0.2) is 140 Å². The zero-order valence-electron chi connectivity index (χ0n) is 29.9. The van der Waals surface area contributed by atoms with E-state index in [1.165, 1.54) is 6.08 Å². The highest BCUT2D eigenvalue weighted by Gasteiger charge is 2.55. The molecule has 0 saturated carbocycles. The molecule has 15 heteroatoms. The number of aliphatic carboxylic acids is 1. The summed E-state index contributed by atoms with van der Waals surface area (Å²) in [6.07, 6.45) is -3.97. The van der Waals surface area contributed by atoms with Gasteiger partial charge in [0, 0.05) is 23.5 Å². The molecular weight excluding hydrogens is 660 g/mol. The van der Waals surface area contributed by atoms with Crippen LogP contribution in [0, 0.1) is 23.7 Å². The number of likely N-dealkylation sites (N-methyl/N-ethyl adjacent to an activating group) is 1. The van der Waals surface area contributed by atoms with Crippen LogP contribution < -0.4 is 5.73 Å². The fourth-order valence-corrected chi connectivity index (χ4v) is 8.02. The minimum absolute atomic E-state index is 0.0130. The van der Waals surface area contributed by atoms with E-state index in [4.69, 9.17) is 24.7 Å². The molecule has 3 aliphatic rings. The van der Waals surface area contributed by atoms with Crippen molar-refractivity contribution >= 4 is 29.5 Å². The quantitative estimate of drug-likeness (QED) is 0.105. The molecule has 0 radical (unpaired) electrons. The Morgan fingerprint density at radius 2 is 1.80 bits per heavy atom. The molecule has 0 bridgehead atoms. The van der Waals surface area contributed by atoms with Crippen LogP contribution in [0.1, 0.15) is 67.2 Å². The Morgan fingerprint density at radius 1 is 1.14 bits per heavy atom. The van der Waals surface area contributed by atoms with Gasteiger partial charge in [0.05, 0.1) is 48.4 Å². The van der Waals surface area contributed by atoms with Gasteiger partial charge in [-0.1, -0.05) is 27.7 Å². The highest BCUT2D eigenvalue weighted by atomic mass is 32.2. The summed E-state index contributed by atoms with van der Waals surface area (Å²) in [5.41, 5.74) is 3.81. The summed E-state index contributed by atoms with van der Waals surface area (Å²) < 4.78 is 24.3. The Hall–Kier alpha value is -1.66. The van der Waals surface area contributed by atoms with E-state index in [1.54, 1.807) is 45.8 Å². The SMILES string of the molecule is CC[C@H]1OC(=O)C[C@@H](O)[C@H](C)C(O[C@@H]2O[C@H](C)[C@@H](O)[C@H](N(C)C)[C@H]2O)[C@@H](CC(O)SCC(N)C(=O)O)C[C@@H](C)C(=O)/C=C/[C@]2(C)O[C@H]2[C@@H]1C. The van der Waals surface area contributed by atoms with Crippen molar-refractivity contribution in [1.82, 2.24) is 4.90 Å². The standard InChI is InChI=1S/C34H58N2O12S/c1-9-24-18(4)31-34(6,48-31)11-10-22(37)16(2)12-20(13-26(40)49-15-21(35)32(43)44)30(17(3)23(38)14-25(39)46-24)47-33-29(42)27(36(7)8)28(41)19(5)45-33/h10-11,16-21,23-24,26-31,33,38,40-42H,9,12-15,35H2,1-8H3,(H,43,44)/b11-10+/t16-,17+,18-,19-,20-,21?,23-,24-,26?,27+,28-,29-,30?,31+,33+,34+/m1/s1. The Labute approximate surface area is 293 Å². The van der Waals surface area contributed by atoms with Gasteiger partial charge in [-0.15, -0.1) is 11.8 Å². The molecule has 2 fully saturated rings. The highest BCUT2D eigenvalue weighted by Crippen LogP contribution is 2.45. The average molecular weight is 719 g/mol. The van der Waals surface area contributed by atoms with Crippen molar-refractivity contribution < 1.29 is 58.9 Å². The van der Waals surface area contributed by atoms with E-state index in [-0.39, 0.29) is 42.8 Å². The number of cyclic esters (lactones) is 1. The van der Waals surface area contributed by atoms with Crippen molar-refractivity contribution in [3.63, 3.8) is 0 Å². The molecule has 16 atom stereocenters. The number of nitrogens with two attached hydrogens (primary N) is 1. The Bertz CT molecular complexity index is 1160. The minimum atomic E-state index is -1.33. The number of carboxylic acids is 1. The maximum atomic E-state index is 13.5. The zero-order chi connectivity index (χ0) is 37.0. The first kappa shape index (κ1) is 41.8. The molecule has 0 aromatic heterocycles. The maximum absolute atomic E-state index is 13.5. The number of hydrogen-bond acceptors (Lipinski definition) is 14. The number of carboxylic acid groups (broad SMARTS) is 1. The van der Waals surface area contributed by atoms with Crippen LogP contribution in [0.5, 0.6) is 0 Å². The molecule has 3 heterocycles. The fraction of sp³-hybridized carbons (Fsp3) is 0.853. The predicted octanol–water partition coefficient (Wildman–Crippen LogP) is 0.906. The number of epoxide rings is 1. The lowest BCUT2D eigenvalue weighted by Gasteiger charge is -2.46. The lowest BCUT2D eigenvalue weighted by atomic mass is 9.79. The Kier molecular flexibility index (Phi) is 15.1. The van der Waals surface area contributed by atoms with Gasteiger partial charge < -0.3 is 55.1 Å². The Balaban J connectivity index is 2.03. The second-order valence-corrected chi connectivity index (χ2v) is 15.7. The summed E-state index contributed by atoms with van der Waals surface area (Å²) in [6.45, 7) is 10.7. The number of carbonyl (C=O) groups excluding carboxylic acids is 2. The van der Waals surface area contributed by atoms with Crippen LogP contribution in [0.2, 0.25) is 0 Å². The van der Waals surface area contributed by atoms with Gasteiger partial charge >= 0.3 is 11.9 Å². The van der Waals surface area contributed by atoms with E-state index in [0.29, 0.717) is 6.42 Å². The second-order valence-electron chi connectivity index (χ2n) is 14.5. The number of aliphatic hydroxyl groups is 4. The van der Waals surface area contributed by atoms with Crippen molar-refractivity contribution in [2.24, 2.45) is 29.4 Å². The van der Waals surface area contributed by atoms with Crippen LogP contribution >= 0.6 is 11.8 Å². The topological polar surface area (TPSA) is 222 Å². The van der Waals surface area contributed by atoms with Crippen molar-refractivity contribution in [3.8, 4) is 0 Å². The molecule has 0 spiro atoms. The molecule has 14 nitrogen and oxygen atoms in total. The van der Waals surface area contributed by atoms with Crippen LogP contribution in [0.25, 0.3) is 0 Å². The van der Waals surface area contributed by atoms with Gasteiger partial charge in [0.1, 0.15) is 23.9 Å². The number of ketones is 1. The summed E-state index contributed by atoms with van der Waals surface area (Å²) in [5.74, 6) is -4.38. The predicted molar refractivity (Wildman–Crippen MR) is 181 cm³/mol. The number of esters is 1. The molecule has 282 valence electrons. The number of rotatable bonds is 10. The molecule has 0 aromatic rings. The third-order valence-corrected chi connectivity index (χ3v) is 11.4. The van der Waals surface area contributed by atoms with Crippen molar-refractivity contribution in [1.29, 1.82) is 0 Å². The second kappa shape index (κ2) is 17.7. The smallest absolute Gasteiger partial charge is 0.321 e. The summed E-state index contributed by atoms with van der Waals surface area (Å²) in [4.78, 5) is 39.7. The van der Waals surface area contributed by atoms with Gasteiger partial charge in [-0.25, -0.2) is 0 Å². The van der Waals surface area contributed by atoms with Gasteiger partial charge in [0.2, 0.25) is 0 Å². The highest BCUT2D eigenvalue weighted by molar-refractivity contribution is 7.99. The van der Waals surface area contributed by atoms with E-state index < -0.39 is 95.7 Å². The van der Waals surface area contributed by atoms with Gasteiger partial charge in [0.15, 0.2) is 12.1 Å². The van der Waals surface area contributed by atoms with Crippen molar-refractivity contribution in [2.75, 3.05) is 19.8 Å². The normalized spacial score (nSPS) is 42.9. The molecule has 3 aliphatic heterocycles. The molecule has 7 N–H and O–H groups in total. The zero-order valence-corrected chi connectivity index (χ0v) is 30.7. The third-order valence-electron chi connectivity index (χ3n) is 10.3. The van der Waals surface area contributed by atoms with Crippen molar-refractivity contribution in [3.05, 3.63) is 12.2 Å². The first-order valence-corrected chi connectivity index (χ1v) is 18.3. The molecular formula is C34H58N2O12S. The largest absolute Gasteiger partial charge is 0.480 e. The van der Waals surface area contributed by atoms with Gasteiger partial charge in [-0.2, -0.15) is 0 Å². The van der Waals surface area contributed by atoms with Gasteiger partial charge in [0.25, 0.3) is 0 Å². The molecule has 3 unspecified atom stereocenters. The summed E-state index contributed by atoms with van der Waals surface area (Å²) in [5, 5.41) is 54.0. The van der Waals surface area contributed by atoms with Crippen LogP contribution in [-0.2, 0) is 33.3 Å². The number of nitrogens with zero attached hydrogens (tertiary/aromatic N) is 1. The lowest BCUT2D eigenvalue weighted by Crippen LogP contribution is -2.63. The third kappa shape index (κ3) is 10.7. The number of hydrogen-bond donors (Lipinski definition) is 6. The molecule has 0 amide bonds. The van der Waals surface area contributed by atoms with Crippen LogP contribution in [0.4, 0.5) is 0 Å². The molecule has 2 saturated heterocycles. The van der Waals surface area contributed by atoms with E-state index in [2.05, 4.69) is 0 Å². The number of aliphatic hydroxyl groups excluding tert-OH is 4. The molecule has 49 heavy (non-hydrogen) atoms. The number of fused-ring (bicyclic) bond motifs is 1. The molecule has 0 aliphatic carbocycles. The number of allylic oxidation sites excluding steroid dienone is 1. The first-order valence-electron chi connectivity index (χ1n) is 17.2. The summed E-state index contributed by atoms with van der Waals surface area (Å²) >= 11 is 0.934. The summed E-state index contributed by atoms with van der Waals surface area (Å²) in [7, 11) is 3.41. The van der Waals surface area contributed by atoms with Gasteiger partial charge in [-0.3, -0.25) is 14.4 Å². The van der Waals surface area contributed by atoms with Crippen LogP contribution in [0.15, 0.2) is 12.2 Å². The van der Waals surface area contributed by atoms with E-state index >= 15 is 0 Å².